The number of aryl methyl sites for hydroxylation is 1. The van der Waals surface area contributed by atoms with Crippen LogP contribution in [0.15, 0.2) is 12.1 Å². The SMILES string of the molecule is COc1c(OCCCO)cc(C(=O)Cn2nc3c(C)c(C)c(OC(C)C)nn3c2=N)cc1C(C)(C)C. The van der Waals surface area contributed by atoms with Gasteiger partial charge in [-0.3, -0.25) is 10.2 Å². The second kappa shape index (κ2) is 10.7. The highest BCUT2D eigenvalue weighted by Gasteiger charge is 2.26. The Balaban J connectivity index is 2.04. The zero-order valence-corrected chi connectivity index (χ0v) is 22.4. The van der Waals surface area contributed by atoms with Crippen LogP contribution in [0.5, 0.6) is 17.4 Å². The molecule has 196 valence electrons. The topological polar surface area (TPSA) is 124 Å². The smallest absolute Gasteiger partial charge is 0.242 e. The maximum absolute atomic E-state index is 13.4. The number of fused-ring (bicyclic) bond motifs is 1. The van der Waals surface area contributed by atoms with Gasteiger partial charge in [0.2, 0.25) is 11.5 Å². The van der Waals surface area contributed by atoms with E-state index in [4.69, 9.17) is 24.7 Å². The number of nitrogens with zero attached hydrogens (tertiary/aromatic N) is 4. The third kappa shape index (κ3) is 5.53. The monoisotopic (exact) mass is 499 g/mol. The molecule has 0 bridgehead atoms. The van der Waals surface area contributed by atoms with E-state index in [1.165, 1.54) is 9.20 Å². The average molecular weight is 500 g/mol. The molecule has 10 heteroatoms. The van der Waals surface area contributed by atoms with Crippen molar-refractivity contribution in [1.29, 1.82) is 5.41 Å². The molecule has 0 saturated heterocycles. The number of hydrogen-bond acceptors (Lipinski definition) is 8. The van der Waals surface area contributed by atoms with E-state index < -0.39 is 0 Å². The van der Waals surface area contributed by atoms with Crippen LogP contribution in [0.25, 0.3) is 5.65 Å². The summed E-state index contributed by atoms with van der Waals surface area (Å²) in [6, 6.07) is 3.46. The first-order valence-corrected chi connectivity index (χ1v) is 12.1. The Bertz CT molecular complexity index is 1320. The predicted molar refractivity (Wildman–Crippen MR) is 135 cm³/mol. The number of ether oxygens (including phenoxy) is 3. The number of benzene rings is 1. The average Bonchev–Trinajstić information content (AvgIpc) is 3.11. The summed E-state index contributed by atoms with van der Waals surface area (Å²) < 4.78 is 20.0. The first-order chi connectivity index (χ1) is 16.9. The van der Waals surface area contributed by atoms with Crippen LogP contribution in [0.2, 0.25) is 0 Å². The molecule has 0 aliphatic carbocycles. The van der Waals surface area contributed by atoms with Crippen LogP contribution in [0, 0.1) is 19.3 Å². The second-order valence-corrected chi connectivity index (χ2v) is 10.1. The lowest BCUT2D eigenvalue weighted by molar-refractivity contribution is 0.0964. The number of carbonyl (C=O) groups excluding carboxylic acids is 1. The summed E-state index contributed by atoms with van der Waals surface area (Å²) in [4.78, 5) is 13.4. The Hall–Kier alpha value is -3.40. The molecule has 0 fully saturated rings. The zero-order valence-electron chi connectivity index (χ0n) is 22.4. The summed E-state index contributed by atoms with van der Waals surface area (Å²) in [7, 11) is 1.57. The van der Waals surface area contributed by atoms with E-state index in [-0.39, 0.29) is 42.7 Å². The van der Waals surface area contributed by atoms with Gasteiger partial charge in [0.1, 0.15) is 6.54 Å². The standard InChI is InChI=1S/C26H37N5O5/c1-15(2)36-24-17(4)16(3)23-28-30(25(27)31(23)29-24)14-20(33)18-12-19(26(5,6)7)22(34-8)21(13-18)35-11-9-10-32/h12-13,15,27,32H,9-11,14H2,1-8H3. The number of aromatic nitrogens is 4. The Morgan fingerprint density at radius 1 is 1.17 bits per heavy atom. The van der Waals surface area contributed by atoms with Crippen LogP contribution in [-0.4, -0.2) is 56.7 Å². The van der Waals surface area contributed by atoms with Crippen molar-refractivity contribution in [3.05, 3.63) is 40.0 Å². The third-order valence-corrected chi connectivity index (χ3v) is 5.86. The fourth-order valence-electron chi connectivity index (χ4n) is 3.79. The van der Waals surface area contributed by atoms with Gasteiger partial charge in [0.25, 0.3) is 0 Å². The number of aliphatic hydroxyl groups excluding tert-OH is 1. The van der Waals surface area contributed by atoms with E-state index in [9.17, 15) is 4.79 Å². The molecule has 10 nitrogen and oxygen atoms in total. The number of aliphatic hydroxyl groups is 1. The third-order valence-electron chi connectivity index (χ3n) is 5.86. The Morgan fingerprint density at radius 3 is 2.44 bits per heavy atom. The van der Waals surface area contributed by atoms with Crippen LogP contribution in [0.3, 0.4) is 0 Å². The Labute approximate surface area is 211 Å². The van der Waals surface area contributed by atoms with Crippen molar-refractivity contribution >= 4 is 11.4 Å². The number of nitrogens with one attached hydrogen (secondary N) is 1. The van der Waals surface area contributed by atoms with Crippen molar-refractivity contribution in [3.63, 3.8) is 0 Å². The van der Waals surface area contributed by atoms with E-state index >= 15 is 0 Å². The van der Waals surface area contributed by atoms with Crippen molar-refractivity contribution in [2.45, 2.75) is 73.0 Å². The maximum Gasteiger partial charge on any atom is 0.242 e. The van der Waals surface area contributed by atoms with Gasteiger partial charge in [-0.1, -0.05) is 20.8 Å². The molecule has 0 aliphatic heterocycles. The lowest BCUT2D eigenvalue weighted by Crippen LogP contribution is -2.27. The van der Waals surface area contributed by atoms with E-state index in [1.807, 2.05) is 54.5 Å². The van der Waals surface area contributed by atoms with Crippen molar-refractivity contribution < 1.29 is 24.1 Å². The number of ketones is 1. The second-order valence-electron chi connectivity index (χ2n) is 10.1. The fourth-order valence-corrected chi connectivity index (χ4v) is 3.79. The van der Waals surface area contributed by atoms with Gasteiger partial charge < -0.3 is 19.3 Å². The summed E-state index contributed by atoms with van der Waals surface area (Å²) in [5.41, 5.74) is 3.07. The van der Waals surface area contributed by atoms with Gasteiger partial charge in [-0.25, -0.2) is 4.68 Å². The molecule has 2 N–H and O–H groups in total. The van der Waals surface area contributed by atoms with Crippen molar-refractivity contribution in [1.82, 2.24) is 19.4 Å². The number of hydrogen-bond donors (Lipinski definition) is 2. The lowest BCUT2D eigenvalue weighted by Gasteiger charge is -2.25. The van der Waals surface area contributed by atoms with Gasteiger partial charge in [0, 0.05) is 35.3 Å². The highest BCUT2D eigenvalue weighted by Crippen LogP contribution is 2.40. The molecule has 2 aromatic heterocycles. The van der Waals surface area contributed by atoms with Gasteiger partial charge in [0.15, 0.2) is 22.9 Å². The first-order valence-electron chi connectivity index (χ1n) is 12.1. The van der Waals surface area contributed by atoms with Gasteiger partial charge in [0.05, 0.1) is 19.8 Å². The van der Waals surface area contributed by atoms with E-state index in [0.717, 1.165) is 16.7 Å². The van der Waals surface area contributed by atoms with E-state index in [1.54, 1.807) is 13.2 Å². The summed E-state index contributed by atoms with van der Waals surface area (Å²) in [5, 5.41) is 26.7. The van der Waals surface area contributed by atoms with Crippen molar-refractivity contribution in [3.8, 4) is 17.4 Å². The van der Waals surface area contributed by atoms with Crippen LogP contribution in [-0.2, 0) is 12.0 Å². The molecule has 2 heterocycles. The molecule has 0 aliphatic rings. The highest BCUT2D eigenvalue weighted by atomic mass is 16.5. The predicted octanol–water partition coefficient (Wildman–Crippen LogP) is 3.36. The molecular weight excluding hydrogens is 462 g/mol. The highest BCUT2D eigenvalue weighted by molar-refractivity contribution is 5.97. The number of carbonyl (C=O) groups is 1. The number of rotatable bonds is 10. The largest absolute Gasteiger partial charge is 0.493 e. The van der Waals surface area contributed by atoms with E-state index in [2.05, 4.69) is 10.2 Å². The quantitative estimate of drug-likeness (QED) is 0.324. The van der Waals surface area contributed by atoms with Gasteiger partial charge >= 0.3 is 0 Å². The Kier molecular flexibility index (Phi) is 8.08. The van der Waals surface area contributed by atoms with Crippen LogP contribution >= 0.6 is 0 Å². The maximum atomic E-state index is 13.4. The van der Waals surface area contributed by atoms with Gasteiger partial charge in [-0.15, -0.1) is 10.2 Å². The number of methoxy groups -OCH3 is 1. The molecule has 3 rings (SSSR count). The minimum atomic E-state index is -0.321. The van der Waals surface area contributed by atoms with Crippen LogP contribution in [0.1, 0.15) is 68.1 Å². The molecule has 0 amide bonds. The summed E-state index contributed by atoms with van der Waals surface area (Å²) in [6.45, 7) is 13.9. The van der Waals surface area contributed by atoms with E-state index in [0.29, 0.717) is 35.0 Å². The first kappa shape index (κ1) is 27.2. The Morgan fingerprint density at radius 2 is 1.86 bits per heavy atom. The molecule has 0 radical (unpaired) electrons. The van der Waals surface area contributed by atoms with Crippen LogP contribution in [0.4, 0.5) is 0 Å². The normalized spacial score (nSPS) is 11.8. The zero-order chi connectivity index (χ0) is 26.8. The summed E-state index contributed by atoms with van der Waals surface area (Å²) in [5.74, 6) is 1.21. The molecule has 36 heavy (non-hydrogen) atoms. The molecule has 0 unspecified atom stereocenters. The minimum Gasteiger partial charge on any atom is -0.493 e. The molecule has 3 aromatic rings. The fraction of sp³-hybridized carbons (Fsp3) is 0.538. The number of Topliss-reactive ketones (excluding diaryl/α,β-unsaturated/α-hetero) is 1. The lowest BCUT2D eigenvalue weighted by atomic mass is 9.84. The molecular formula is C26H37N5O5. The van der Waals surface area contributed by atoms with Gasteiger partial charge in [-0.2, -0.15) is 4.52 Å². The molecule has 0 atom stereocenters. The van der Waals surface area contributed by atoms with Gasteiger partial charge in [-0.05, 0) is 45.2 Å². The summed E-state index contributed by atoms with van der Waals surface area (Å²) in [6.07, 6.45) is 0.389. The molecule has 1 aromatic carbocycles. The summed E-state index contributed by atoms with van der Waals surface area (Å²) >= 11 is 0. The molecule has 0 saturated carbocycles. The van der Waals surface area contributed by atoms with Crippen molar-refractivity contribution in [2.75, 3.05) is 20.3 Å². The van der Waals surface area contributed by atoms with Crippen molar-refractivity contribution in [2.24, 2.45) is 0 Å². The molecule has 0 spiro atoms. The minimum absolute atomic E-state index is 0.000710. The van der Waals surface area contributed by atoms with Crippen LogP contribution < -0.4 is 19.8 Å².